The maximum Gasteiger partial charge on any atom is 0.333 e. The van der Waals surface area contributed by atoms with Crippen LogP contribution in [-0.2, 0) is 4.79 Å². The molecule has 0 heterocycles. The highest BCUT2D eigenvalue weighted by molar-refractivity contribution is 5.73. The molecule has 0 saturated carbocycles. The maximum absolute atomic E-state index is 10.8. The summed E-state index contributed by atoms with van der Waals surface area (Å²) in [5.74, 6) is -0.837. The van der Waals surface area contributed by atoms with Crippen LogP contribution >= 0.6 is 0 Å². The number of hydrogen-bond donors (Lipinski definition) is 2. The van der Waals surface area contributed by atoms with E-state index in [4.69, 9.17) is 5.11 Å². The van der Waals surface area contributed by atoms with Crippen molar-refractivity contribution in [2.75, 3.05) is 0 Å². The van der Waals surface area contributed by atoms with Crippen LogP contribution in [0.2, 0.25) is 0 Å². The van der Waals surface area contributed by atoms with E-state index in [2.05, 4.69) is 13.8 Å². The average molecular weight is 216 g/mol. The first-order chi connectivity index (χ1) is 6.87. The first-order valence-corrected chi connectivity index (χ1v) is 5.78. The van der Waals surface area contributed by atoms with Crippen LogP contribution in [0.25, 0.3) is 0 Å². The van der Waals surface area contributed by atoms with Crippen molar-refractivity contribution in [2.45, 2.75) is 59.5 Å². The second-order valence-corrected chi connectivity index (χ2v) is 4.84. The molecule has 0 fully saturated rings. The van der Waals surface area contributed by atoms with Gasteiger partial charge in [-0.1, -0.05) is 53.4 Å². The number of carboxylic acid groups (broad SMARTS) is 1. The summed E-state index contributed by atoms with van der Waals surface area (Å²) in [5.41, 5.74) is -0.544. The summed E-state index contributed by atoms with van der Waals surface area (Å²) >= 11 is 0. The molecule has 2 N–H and O–H groups in total. The summed E-state index contributed by atoms with van der Waals surface area (Å²) in [4.78, 5) is 10.8. The van der Waals surface area contributed by atoms with Gasteiger partial charge < -0.3 is 10.2 Å². The third-order valence-corrected chi connectivity index (χ3v) is 3.27. The molecule has 0 radical (unpaired) electrons. The molecule has 90 valence electrons. The predicted octanol–water partition coefficient (Wildman–Crippen LogP) is 2.67. The first-order valence-electron chi connectivity index (χ1n) is 5.78. The van der Waals surface area contributed by atoms with Crippen LogP contribution in [0.1, 0.15) is 53.4 Å². The average Bonchev–Trinajstić information content (AvgIpc) is 2.16. The Morgan fingerprint density at radius 3 is 1.87 bits per heavy atom. The molecule has 0 aliphatic heterocycles. The number of hydrogen-bond acceptors (Lipinski definition) is 2. The lowest BCUT2D eigenvalue weighted by molar-refractivity contribution is -0.156. The number of aliphatic carboxylic acids is 1. The molecule has 0 aromatic rings. The minimum atomic E-state index is -1.26. The zero-order valence-electron chi connectivity index (χ0n) is 10.3. The summed E-state index contributed by atoms with van der Waals surface area (Å²) in [6, 6.07) is 0. The topological polar surface area (TPSA) is 57.5 Å². The summed E-state index contributed by atoms with van der Waals surface area (Å²) in [5, 5.41) is 18.5. The minimum absolute atomic E-state index is 0.276. The number of aliphatic hydroxyl groups is 1. The highest BCUT2D eigenvalue weighted by Gasteiger charge is 2.39. The van der Waals surface area contributed by atoms with E-state index in [-0.39, 0.29) is 5.92 Å². The zero-order valence-corrected chi connectivity index (χ0v) is 10.3. The van der Waals surface area contributed by atoms with Crippen molar-refractivity contribution >= 4 is 5.97 Å². The summed E-state index contributed by atoms with van der Waals surface area (Å²) in [7, 11) is 0. The lowest BCUT2D eigenvalue weighted by atomic mass is 9.70. The van der Waals surface area contributed by atoms with Crippen molar-refractivity contribution in [1.82, 2.24) is 0 Å². The molecule has 15 heavy (non-hydrogen) atoms. The Balaban J connectivity index is 4.67. The van der Waals surface area contributed by atoms with E-state index >= 15 is 0 Å². The standard InChI is InChI=1S/C12H24O3/c1-5-7-9(8-6-2)12(3,4)10(13)11(14)15/h9-10,13H,5-8H2,1-4H3,(H,14,15). The molecular weight excluding hydrogens is 192 g/mol. The monoisotopic (exact) mass is 216 g/mol. The second kappa shape index (κ2) is 6.11. The van der Waals surface area contributed by atoms with E-state index in [1.807, 2.05) is 13.8 Å². The third kappa shape index (κ3) is 3.82. The van der Waals surface area contributed by atoms with Gasteiger partial charge in [-0.15, -0.1) is 0 Å². The van der Waals surface area contributed by atoms with Gasteiger partial charge >= 0.3 is 5.97 Å². The molecule has 0 spiro atoms. The predicted molar refractivity (Wildman–Crippen MR) is 60.7 cm³/mol. The number of carboxylic acids is 1. The fraction of sp³-hybridized carbons (Fsp3) is 0.917. The van der Waals surface area contributed by atoms with Gasteiger partial charge in [0.15, 0.2) is 6.10 Å². The molecule has 1 unspecified atom stereocenters. The molecule has 0 rings (SSSR count). The lowest BCUT2D eigenvalue weighted by Gasteiger charge is -2.36. The highest BCUT2D eigenvalue weighted by atomic mass is 16.4. The smallest absolute Gasteiger partial charge is 0.333 e. The van der Waals surface area contributed by atoms with Crippen molar-refractivity contribution in [3.05, 3.63) is 0 Å². The lowest BCUT2D eigenvalue weighted by Crippen LogP contribution is -2.42. The molecule has 3 nitrogen and oxygen atoms in total. The zero-order chi connectivity index (χ0) is 12.1. The molecule has 0 bridgehead atoms. The molecule has 0 aromatic heterocycles. The van der Waals surface area contributed by atoms with Gasteiger partial charge in [-0.2, -0.15) is 0 Å². The van der Waals surface area contributed by atoms with Crippen LogP contribution in [0.15, 0.2) is 0 Å². The van der Waals surface area contributed by atoms with Crippen molar-refractivity contribution < 1.29 is 15.0 Å². The van der Waals surface area contributed by atoms with Gasteiger partial charge in [0, 0.05) is 5.41 Å². The van der Waals surface area contributed by atoms with Crippen LogP contribution in [0.5, 0.6) is 0 Å². The van der Waals surface area contributed by atoms with E-state index in [9.17, 15) is 9.90 Å². The summed E-state index contributed by atoms with van der Waals surface area (Å²) in [6.07, 6.45) is 2.75. The van der Waals surface area contributed by atoms with Crippen LogP contribution in [0.3, 0.4) is 0 Å². The van der Waals surface area contributed by atoms with Gasteiger partial charge in [0.25, 0.3) is 0 Å². The molecule has 0 amide bonds. The van der Waals surface area contributed by atoms with E-state index in [0.29, 0.717) is 0 Å². The van der Waals surface area contributed by atoms with Crippen molar-refractivity contribution in [2.24, 2.45) is 11.3 Å². The molecule has 0 aliphatic rings. The summed E-state index contributed by atoms with van der Waals surface area (Å²) < 4.78 is 0. The van der Waals surface area contributed by atoms with Gasteiger partial charge in [0.1, 0.15) is 0 Å². The number of aliphatic hydroxyl groups excluding tert-OH is 1. The molecule has 0 saturated heterocycles. The van der Waals surface area contributed by atoms with Gasteiger partial charge in [-0.3, -0.25) is 0 Å². The van der Waals surface area contributed by atoms with Crippen molar-refractivity contribution in [1.29, 1.82) is 0 Å². The summed E-state index contributed by atoms with van der Waals surface area (Å²) in [6.45, 7) is 7.88. The van der Waals surface area contributed by atoms with Gasteiger partial charge in [0.05, 0.1) is 0 Å². The normalized spacial score (nSPS) is 14.3. The maximum atomic E-state index is 10.8. The Hall–Kier alpha value is -0.570. The Labute approximate surface area is 92.5 Å². The Morgan fingerprint density at radius 1 is 1.20 bits per heavy atom. The van der Waals surface area contributed by atoms with Crippen LogP contribution in [0, 0.1) is 11.3 Å². The van der Waals surface area contributed by atoms with E-state index < -0.39 is 17.5 Å². The molecule has 3 heteroatoms. The van der Waals surface area contributed by atoms with E-state index in [1.54, 1.807) is 0 Å². The fourth-order valence-corrected chi connectivity index (χ4v) is 2.13. The Kier molecular flexibility index (Phi) is 5.88. The quantitative estimate of drug-likeness (QED) is 0.688. The third-order valence-electron chi connectivity index (χ3n) is 3.27. The SMILES string of the molecule is CCCC(CCC)C(C)(C)C(O)C(=O)O. The molecule has 0 aliphatic carbocycles. The fourth-order valence-electron chi connectivity index (χ4n) is 2.13. The molecule has 0 aromatic carbocycles. The van der Waals surface area contributed by atoms with Crippen LogP contribution < -0.4 is 0 Å². The van der Waals surface area contributed by atoms with E-state index in [0.717, 1.165) is 25.7 Å². The number of carbonyl (C=O) groups is 1. The van der Waals surface area contributed by atoms with Gasteiger partial charge in [0.2, 0.25) is 0 Å². The van der Waals surface area contributed by atoms with E-state index in [1.165, 1.54) is 0 Å². The van der Waals surface area contributed by atoms with Crippen molar-refractivity contribution in [3.8, 4) is 0 Å². The van der Waals surface area contributed by atoms with Crippen LogP contribution in [-0.4, -0.2) is 22.3 Å². The van der Waals surface area contributed by atoms with Gasteiger partial charge in [-0.05, 0) is 5.92 Å². The Morgan fingerprint density at radius 2 is 1.60 bits per heavy atom. The molecular formula is C12H24O3. The van der Waals surface area contributed by atoms with Crippen LogP contribution in [0.4, 0.5) is 0 Å². The second-order valence-electron chi connectivity index (χ2n) is 4.84. The minimum Gasteiger partial charge on any atom is -0.479 e. The van der Waals surface area contributed by atoms with Crippen molar-refractivity contribution in [3.63, 3.8) is 0 Å². The number of rotatable bonds is 7. The highest BCUT2D eigenvalue weighted by Crippen LogP contribution is 2.37. The molecule has 1 atom stereocenters. The Bertz CT molecular complexity index is 193. The van der Waals surface area contributed by atoms with Gasteiger partial charge in [-0.25, -0.2) is 4.79 Å². The first kappa shape index (κ1) is 14.4. The largest absolute Gasteiger partial charge is 0.479 e.